The van der Waals surface area contributed by atoms with Gasteiger partial charge in [-0.3, -0.25) is 9.59 Å². The summed E-state index contributed by atoms with van der Waals surface area (Å²) < 4.78 is 41.3. The maximum Gasteiger partial charge on any atom is 0.305 e. The predicted molar refractivity (Wildman–Crippen MR) is 150 cm³/mol. The summed E-state index contributed by atoms with van der Waals surface area (Å²) >= 11 is 0. The molecule has 2 N–H and O–H groups in total. The van der Waals surface area contributed by atoms with Crippen molar-refractivity contribution < 1.29 is 27.5 Å². The van der Waals surface area contributed by atoms with Crippen LogP contribution < -0.4 is 10.0 Å². The smallest absolute Gasteiger partial charge is 0.305 e. The van der Waals surface area contributed by atoms with Gasteiger partial charge in [-0.25, -0.2) is 13.1 Å². The van der Waals surface area contributed by atoms with Gasteiger partial charge < -0.3 is 14.8 Å². The minimum Gasteiger partial charge on any atom is -0.469 e. The molecule has 212 valence electrons. The highest BCUT2D eigenvalue weighted by molar-refractivity contribution is 7.89. The number of fused-ring (bicyclic) bond motifs is 3. The molecule has 4 rings (SSSR count). The number of esters is 2. The van der Waals surface area contributed by atoms with E-state index in [-0.39, 0.29) is 34.9 Å². The van der Waals surface area contributed by atoms with E-state index in [1.54, 1.807) is 12.1 Å². The average molecular weight is 557 g/mol. The fraction of sp³-hybridized carbons (Fsp3) is 0.533. The Bertz CT molecular complexity index is 1330. The lowest BCUT2D eigenvalue weighted by molar-refractivity contribution is -0.141. The molecular formula is C30H40N2O6S. The van der Waals surface area contributed by atoms with Crippen molar-refractivity contribution in [1.29, 1.82) is 0 Å². The molecule has 0 saturated carbocycles. The van der Waals surface area contributed by atoms with Crippen LogP contribution in [0.25, 0.3) is 11.1 Å². The third-order valence-electron chi connectivity index (χ3n) is 8.01. The first kappa shape index (κ1) is 29.2. The van der Waals surface area contributed by atoms with Crippen LogP contribution in [-0.4, -0.2) is 51.7 Å². The molecule has 1 saturated heterocycles. The fourth-order valence-corrected chi connectivity index (χ4v) is 8.48. The zero-order valence-corrected chi connectivity index (χ0v) is 24.5. The Labute approximate surface area is 231 Å². The number of hydrogen-bond acceptors (Lipinski definition) is 7. The topological polar surface area (TPSA) is 111 Å². The quantitative estimate of drug-likeness (QED) is 0.439. The number of nitrogens with one attached hydrogen (secondary N) is 2. The molecule has 9 heteroatoms. The van der Waals surface area contributed by atoms with Gasteiger partial charge >= 0.3 is 11.9 Å². The van der Waals surface area contributed by atoms with Crippen LogP contribution in [0.1, 0.15) is 77.3 Å². The van der Waals surface area contributed by atoms with Crippen LogP contribution in [0.2, 0.25) is 0 Å². The Morgan fingerprint density at radius 1 is 0.872 bits per heavy atom. The predicted octanol–water partition coefficient (Wildman–Crippen LogP) is 4.45. The van der Waals surface area contributed by atoms with Crippen molar-refractivity contribution in [2.75, 3.05) is 14.2 Å². The van der Waals surface area contributed by atoms with E-state index < -0.39 is 27.4 Å². The van der Waals surface area contributed by atoms with Crippen molar-refractivity contribution in [3.63, 3.8) is 0 Å². The molecule has 0 bridgehead atoms. The van der Waals surface area contributed by atoms with Gasteiger partial charge in [0.2, 0.25) is 10.0 Å². The van der Waals surface area contributed by atoms with E-state index in [1.807, 2.05) is 30.3 Å². The number of benzene rings is 2. The first-order valence-corrected chi connectivity index (χ1v) is 14.9. The van der Waals surface area contributed by atoms with Gasteiger partial charge in [0.15, 0.2) is 0 Å². The van der Waals surface area contributed by atoms with Crippen LogP contribution in [0.15, 0.2) is 47.4 Å². The van der Waals surface area contributed by atoms with Gasteiger partial charge in [-0.1, -0.05) is 36.4 Å². The first-order valence-electron chi connectivity index (χ1n) is 13.4. The highest BCUT2D eigenvalue weighted by atomic mass is 32.2. The molecule has 1 fully saturated rings. The first-order chi connectivity index (χ1) is 18.2. The number of rotatable bonds is 9. The van der Waals surface area contributed by atoms with Crippen LogP contribution in [-0.2, 0) is 34.5 Å². The minimum absolute atomic E-state index is 0.0733. The van der Waals surface area contributed by atoms with Gasteiger partial charge in [0, 0.05) is 35.4 Å². The molecule has 0 radical (unpaired) electrons. The van der Waals surface area contributed by atoms with Gasteiger partial charge in [0.1, 0.15) is 0 Å². The van der Waals surface area contributed by atoms with E-state index >= 15 is 0 Å². The van der Waals surface area contributed by atoms with Crippen LogP contribution >= 0.6 is 0 Å². The van der Waals surface area contributed by atoms with Crippen LogP contribution in [0.4, 0.5) is 0 Å². The van der Waals surface area contributed by atoms with Crippen molar-refractivity contribution >= 4 is 22.0 Å². The Balaban J connectivity index is 1.85. The maximum absolute atomic E-state index is 14.2. The number of methoxy groups -OCH3 is 2. The molecule has 0 spiro atoms. The summed E-state index contributed by atoms with van der Waals surface area (Å²) in [5.41, 5.74) is 1.85. The van der Waals surface area contributed by atoms with Crippen molar-refractivity contribution in [1.82, 2.24) is 10.0 Å². The fourth-order valence-electron chi connectivity index (χ4n) is 6.91. The van der Waals surface area contributed by atoms with Gasteiger partial charge in [-0.2, -0.15) is 0 Å². The number of sulfonamides is 1. The summed E-state index contributed by atoms with van der Waals surface area (Å²) in [7, 11) is -1.30. The standard InChI is InChI=1S/C30H40N2O6S/c1-28(2)18-20(19-29(3,4)32-28)31-39(35,36)24-13-9-11-22-21-10-7-8-12-23(21)30(27(22)24,16-14-25(33)37-5)17-15-26(34)38-6/h7-13,20,31-32H,14-19H2,1-6H3. The summed E-state index contributed by atoms with van der Waals surface area (Å²) in [6.07, 6.45) is 2.01. The number of carbonyl (C=O) groups excluding carboxylic acids is 2. The Morgan fingerprint density at radius 2 is 1.41 bits per heavy atom. The normalized spacial score (nSPS) is 19.1. The maximum atomic E-state index is 14.2. The molecule has 0 atom stereocenters. The largest absolute Gasteiger partial charge is 0.469 e. The highest BCUT2D eigenvalue weighted by Gasteiger charge is 2.47. The van der Waals surface area contributed by atoms with Gasteiger partial charge in [0.05, 0.1) is 19.1 Å². The molecule has 8 nitrogen and oxygen atoms in total. The number of hydrogen-bond donors (Lipinski definition) is 2. The second-order valence-corrected chi connectivity index (χ2v) is 13.8. The molecule has 39 heavy (non-hydrogen) atoms. The molecule has 0 aromatic heterocycles. The van der Waals surface area contributed by atoms with E-state index in [0.29, 0.717) is 31.2 Å². The lowest BCUT2D eigenvalue weighted by Crippen LogP contribution is -2.62. The molecule has 0 unspecified atom stereocenters. The van der Waals surface area contributed by atoms with E-state index in [2.05, 4.69) is 37.7 Å². The van der Waals surface area contributed by atoms with Gasteiger partial charge in [-0.05, 0) is 81.7 Å². The van der Waals surface area contributed by atoms with Crippen molar-refractivity contribution in [3.8, 4) is 11.1 Å². The summed E-state index contributed by atoms with van der Waals surface area (Å²) in [5.74, 6) is -0.785. The van der Waals surface area contributed by atoms with E-state index in [9.17, 15) is 18.0 Å². The molecule has 2 aromatic rings. The molecule has 1 heterocycles. The monoisotopic (exact) mass is 556 g/mol. The lowest BCUT2D eigenvalue weighted by Gasteiger charge is -2.46. The zero-order chi connectivity index (χ0) is 28.6. The number of carbonyl (C=O) groups is 2. The van der Waals surface area contributed by atoms with Crippen molar-refractivity contribution in [3.05, 3.63) is 53.6 Å². The zero-order valence-electron chi connectivity index (χ0n) is 23.7. The second-order valence-electron chi connectivity index (χ2n) is 12.1. The van der Waals surface area contributed by atoms with Crippen LogP contribution in [0.3, 0.4) is 0 Å². The number of ether oxygens (including phenoxy) is 2. The summed E-state index contributed by atoms with van der Waals surface area (Å²) in [6.45, 7) is 8.32. The number of piperidine rings is 1. The van der Waals surface area contributed by atoms with Crippen molar-refractivity contribution in [2.24, 2.45) is 0 Å². The van der Waals surface area contributed by atoms with Gasteiger partial charge in [-0.15, -0.1) is 0 Å². The van der Waals surface area contributed by atoms with Gasteiger partial charge in [0.25, 0.3) is 0 Å². The highest BCUT2D eigenvalue weighted by Crippen LogP contribution is 2.55. The summed E-state index contributed by atoms with van der Waals surface area (Å²) in [5, 5.41) is 3.60. The molecular weight excluding hydrogens is 516 g/mol. The SMILES string of the molecule is COC(=O)CCC1(CCC(=O)OC)c2ccccc2-c2cccc(S(=O)(=O)NC3CC(C)(C)NC(C)(C)C3)c21. The summed E-state index contributed by atoms with van der Waals surface area (Å²) in [4.78, 5) is 24.9. The second kappa shape index (κ2) is 10.7. The summed E-state index contributed by atoms with van der Waals surface area (Å²) in [6, 6.07) is 12.8. The minimum atomic E-state index is -3.97. The molecule has 2 aliphatic rings. The van der Waals surface area contributed by atoms with Crippen LogP contribution in [0.5, 0.6) is 0 Å². The molecule has 2 aromatic carbocycles. The Morgan fingerprint density at radius 3 is 1.97 bits per heavy atom. The lowest BCUT2D eigenvalue weighted by atomic mass is 9.71. The Hall–Kier alpha value is -2.75. The molecule has 1 aliphatic heterocycles. The third kappa shape index (κ3) is 5.90. The molecule has 1 aliphatic carbocycles. The van der Waals surface area contributed by atoms with Crippen molar-refractivity contribution in [2.45, 2.75) is 93.7 Å². The third-order valence-corrected chi connectivity index (χ3v) is 9.57. The Kier molecular flexibility index (Phi) is 8.00. The van der Waals surface area contributed by atoms with E-state index in [0.717, 1.165) is 16.7 Å². The molecule has 0 amide bonds. The van der Waals surface area contributed by atoms with E-state index in [1.165, 1.54) is 14.2 Å². The average Bonchev–Trinajstić information content (AvgIpc) is 3.13. The van der Waals surface area contributed by atoms with Crippen LogP contribution in [0, 0.1) is 0 Å². The van der Waals surface area contributed by atoms with E-state index in [4.69, 9.17) is 9.47 Å².